The number of hydrogen-bond donors (Lipinski definition) is 1. The second kappa shape index (κ2) is 5.00. The van der Waals surface area contributed by atoms with Gasteiger partial charge >= 0.3 is 6.18 Å². The van der Waals surface area contributed by atoms with E-state index >= 15 is 0 Å². The van der Waals surface area contributed by atoms with Crippen LogP contribution in [0.3, 0.4) is 0 Å². The predicted octanol–water partition coefficient (Wildman–Crippen LogP) is 2.65. The first-order chi connectivity index (χ1) is 8.86. The highest BCUT2D eigenvalue weighted by molar-refractivity contribution is 5.54. The van der Waals surface area contributed by atoms with Crippen LogP contribution in [0.25, 0.3) is 11.4 Å². The van der Waals surface area contributed by atoms with Crippen molar-refractivity contribution in [3.8, 4) is 11.4 Å². The molecule has 1 aromatic carbocycles. The fourth-order valence-corrected chi connectivity index (χ4v) is 1.54. The molecule has 0 aliphatic heterocycles. The summed E-state index contributed by atoms with van der Waals surface area (Å²) in [7, 11) is 0. The molecule has 2 rings (SSSR count). The lowest BCUT2D eigenvalue weighted by Crippen LogP contribution is -2.17. The van der Waals surface area contributed by atoms with Crippen molar-refractivity contribution in [2.24, 2.45) is 5.73 Å². The fraction of sp³-hybridized carbons (Fsp3) is 0.333. The predicted molar refractivity (Wildman–Crippen MR) is 62.1 cm³/mol. The summed E-state index contributed by atoms with van der Waals surface area (Å²) in [6.45, 7) is 1.79. The fourth-order valence-electron chi connectivity index (χ4n) is 1.54. The molecule has 0 amide bonds. The van der Waals surface area contributed by atoms with E-state index in [9.17, 15) is 13.2 Å². The highest BCUT2D eigenvalue weighted by Crippen LogP contribution is 2.30. The lowest BCUT2D eigenvalue weighted by atomic mass is 10.1. The summed E-state index contributed by atoms with van der Waals surface area (Å²) >= 11 is 0. The van der Waals surface area contributed by atoms with Gasteiger partial charge in [-0.25, -0.2) is 0 Å². The third-order valence-corrected chi connectivity index (χ3v) is 2.44. The molecule has 0 bridgehead atoms. The largest absolute Gasteiger partial charge is 0.416 e. The van der Waals surface area contributed by atoms with E-state index in [1.807, 2.05) is 0 Å². The maximum absolute atomic E-state index is 12.4. The van der Waals surface area contributed by atoms with Gasteiger partial charge in [0.1, 0.15) is 0 Å². The van der Waals surface area contributed by atoms with Gasteiger partial charge in [-0.3, -0.25) is 0 Å². The Morgan fingerprint density at radius 1 is 1.26 bits per heavy atom. The molecule has 1 atom stereocenters. The maximum Gasteiger partial charge on any atom is 0.416 e. The standard InChI is InChI=1S/C12H12F3N3O/c1-7(16)6-10-17-11(18-19-10)8-2-4-9(5-3-8)12(13,14)15/h2-5,7H,6,16H2,1H3. The van der Waals surface area contributed by atoms with Crippen LogP contribution in [0, 0.1) is 0 Å². The van der Waals surface area contributed by atoms with Gasteiger partial charge in [0, 0.05) is 18.0 Å². The van der Waals surface area contributed by atoms with Crippen LogP contribution < -0.4 is 5.73 Å². The molecule has 102 valence electrons. The second-order valence-electron chi connectivity index (χ2n) is 4.27. The molecule has 0 aliphatic carbocycles. The molecule has 0 saturated heterocycles. The average molecular weight is 271 g/mol. The molecule has 4 nitrogen and oxygen atoms in total. The number of rotatable bonds is 3. The van der Waals surface area contributed by atoms with E-state index in [2.05, 4.69) is 10.1 Å². The van der Waals surface area contributed by atoms with Crippen LogP contribution in [0.1, 0.15) is 18.4 Å². The van der Waals surface area contributed by atoms with Crippen LogP contribution in [0.15, 0.2) is 28.8 Å². The van der Waals surface area contributed by atoms with E-state index in [1.54, 1.807) is 6.92 Å². The Labute approximate surface area is 107 Å². The van der Waals surface area contributed by atoms with Crippen molar-refractivity contribution < 1.29 is 17.7 Å². The number of aromatic nitrogens is 2. The summed E-state index contributed by atoms with van der Waals surface area (Å²) in [5.41, 5.74) is 5.34. The van der Waals surface area contributed by atoms with Gasteiger partial charge in [-0.15, -0.1) is 0 Å². The molecule has 1 unspecified atom stereocenters. The Morgan fingerprint density at radius 2 is 1.89 bits per heavy atom. The van der Waals surface area contributed by atoms with Crippen LogP contribution in [-0.2, 0) is 12.6 Å². The van der Waals surface area contributed by atoms with Gasteiger partial charge in [0.05, 0.1) is 5.56 Å². The van der Waals surface area contributed by atoms with Crippen molar-refractivity contribution in [1.82, 2.24) is 10.1 Å². The lowest BCUT2D eigenvalue weighted by Gasteiger charge is -2.05. The van der Waals surface area contributed by atoms with Crippen LogP contribution in [0.4, 0.5) is 13.2 Å². The molecule has 7 heteroatoms. The third-order valence-electron chi connectivity index (χ3n) is 2.44. The van der Waals surface area contributed by atoms with E-state index in [1.165, 1.54) is 12.1 Å². The van der Waals surface area contributed by atoms with Crippen molar-refractivity contribution >= 4 is 0 Å². The summed E-state index contributed by atoms with van der Waals surface area (Å²) < 4.78 is 42.2. The molecule has 0 aliphatic rings. The molecule has 1 heterocycles. The Kier molecular flexibility index (Phi) is 3.57. The quantitative estimate of drug-likeness (QED) is 0.932. The Bertz CT molecular complexity index is 546. The summed E-state index contributed by atoms with van der Waals surface area (Å²) in [5, 5.41) is 3.71. The average Bonchev–Trinajstić information content (AvgIpc) is 2.75. The highest BCUT2D eigenvalue weighted by atomic mass is 19.4. The summed E-state index contributed by atoms with van der Waals surface area (Å²) in [6, 6.07) is 4.46. The normalized spacial score (nSPS) is 13.5. The number of halogens is 3. The number of nitrogens with two attached hydrogens (primary N) is 1. The topological polar surface area (TPSA) is 64.9 Å². The van der Waals surface area contributed by atoms with Gasteiger partial charge in [-0.1, -0.05) is 17.3 Å². The van der Waals surface area contributed by atoms with Crippen LogP contribution in [0.5, 0.6) is 0 Å². The van der Waals surface area contributed by atoms with E-state index < -0.39 is 11.7 Å². The monoisotopic (exact) mass is 271 g/mol. The smallest absolute Gasteiger partial charge is 0.339 e. The summed E-state index contributed by atoms with van der Waals surface area (Å²) in [6.07, 6.45) is -3.93. The van der Waals surface area contributed by atoms with Crippen LogP contribution in [-0.4, -0.2) is 16.2 Å². The minimum absolute atomic E-state index is 0.124. The molecule has 2 N–H and O–H groups in total. The molecule has 0 fully saturated rings. The zero-order valence-electron chi connectivity index (χ0n) is 10.1. The second-order valence-corrected chi connectivity index (χ2v) is 4.27. The van der Waals surface area contributed by atoms with Crippen molar-refractivity contribution in [3.63, 3.8) is 0 Å². The van der Waals surface area contributed by atoms with Gasteiger partial charge < -0.3 is 10.3 Å². The first-order valence-electron chi connectivity index (χ1n) is 5.62. The lowest BCUT2D eigenvalue weighted by molar-refractivity contribution is -0.137. The first-order valence-corrected chi connectivity index (χ1v) is 5.62. The molecule has 2 aromatic rings. The number of benzene rings is 1. The number of alkyl halides is 3. The van der Waals surface area contributed by atoms with Gasteiger partial charge in [0.25, 0.3) is 0 Å². The number of hydrogen-bond acceptors (Lipinski definition) is 4. The van der Waals surface area contributed by atoms with Gasteiger partial charge in [0.2, 0.25) is 11.7 Å². The van der Waals surface area contributed by atoms with Gasteiger partial charge in [-0.2, -0.15) is 18.2 Å². The van der Waals surface area contributed by atoms with Crippen molar-refractivity contribution in [2.75, 3.05) is 0 Å². The van der Waals surface area contributed by atoms with E-state index in [-0.39, 0.29) is 11.9 Å². The molecular formula is C12H12F3N3O. The summed E-state index contributed by atoms with van der Waals surface area (Å²) in [4.78, 5) is 4.07. The molecule has 0 saturated carbocycles. The minimum atomic E-state index is -4.35. The SMILES string of the molecule is CC(N)Cc1nc(-c2ccc(C(F)(F)F)cc2)no1. The molecule has 0 radical (unpaired) electrons. The molecule has 0 spiro atoms. The first kappa shape index (κ1) is 13.5. The van der Waals surface area contributed by atoms with Crippen molar-refractivity contribution in [2.45, 2.75) is 25.6 Å². The zero-order chi connectivity index (χ0) is 14.0. The Hall–Kier alpha value is -1.89. The van der Waals surface area contributed by atoms with Gasteiger partial charge in [-0.05, 0) is 19.1 Å². The Balaban J connectivity index is 2.20. The highest BCUT2D eigenvalue weighted by Gasteiger charge is 2.30. The molecule has 19 heavy (non-hydrogen) atoms. The number of nitrogens with zero attached hydrogens (tertiary/aromatic N) is 2. The van der Waals surface area contributed by atoms with E-state index in [0.29, 0.717) is 17.9 Å². The van der Waals surface area contributed by atoms with Crippen molar-refractivity contribution in [3.05, 3.63) is 35.7 Å². The zero-order valence-corrected chi connectivity index (χ0v) is 10.1. The molecule has 1 aromatic heterocycles. The van der Waals surface area contributed by atoms with E-state index in [4.69, 9.17) is 10.3 Å². The minimum Gasteiger partial charge on any atom is -0.339 e. The Morgan fingerprint density at radius 3 is 2.42 bits per heavy atom. The summed E-state index contributed by atoms with van der Waals surface area (Å²) in [5.74, 6) is 0.620. The van der Waals surface area contributed by atoms with Crippen LogP contribution in [0.2, 0.25) is 0 Å². The van der Waals surface area contributed by atoms with Gasteiger partial charge in [0.15, 0.2) is 0 Å². The van der Waals surface area contributed by atoms with Crippen molar-refractivity contribution in [1.29, 1.82) is 0 Å². The van der Waals surface area contributed by atoms with E-state index in [0.717, 1.165) is 12.1 Å². The maximum atomic E-state index is 12.4. The molecular weight excluding hydrogens is 259 g/mol. The van der Waals surface area contributed by atoms with Crippen LogP contribution >= 0.6 is 0 Å². The third kappa shape index (κ3) is 3.31.